The minimum Gasteiger partial charge on any atom is -0.379 e. The Balaban J connectivity index is 1.19. The molecule has 168 valence electrons. The molecular formula is C20H34N6O3S. The number of fused-ring (bicyclic) bond motifs is 1. The molecule has 10 heteroatoms. The van der Waals surface area contributed by atoms with E-state index in [9.17, 15) is 9.59 Å². The standard InChI is InChI=1S/C20H34N6O3S/c27-18(23-14-1-2-14)4-3-16-12-22-19(28)17-11-15(13-26(16)17)24-20(30)21-5-6-25-7-9-29-10-8-25/h14-17H,1-13H2,(H,22,28)(H,23,27)(H2,21,24,30)/t15-,16+,17-/m0/s1. The van der Waals surface area contributed by atoms with Crippen LogP contribution in [0.1, 0.15) is 32.1 Å². The van der Waals surface area contributed by atoms with Crippen molar-refractivity contribution >= 4 is 29.1 Å². The van der Waals surface area contributed by atoms with Crippen LogP contribution in [0, 0.1) is 0 Å². The highest BCUT2D eigenvalue weighted by molar-refractivity contribution is 7.80. The summed E-state index contributed by atoms with van der Waals surface area (Å²) >= 11 is 5.48. The molecular weight excluding hydrogens is 404 g/mol. The molecule has 4 fully saturated rings. The van der Waals surface area contributed by atoms with Crippen LogP contribution in [-0.2, 0) is 14.3 Å². The predicted octanol–water partition coefficient (Wildman–Crippen LogP) is -1.22. The number of hydrogen-bond acceptors (Lipinski definition) is 6. The van der Waals surface area contributed by atoms with Crippen LogP contribution in [0.15, 0.2) is 0 Å². The first-order valence-corrected chi connectivity index (χ1v) is 11.7. The minimum absolute atomic E-state index is 0.0872. The summed E-state index contributed by atoms with van der Waals surface area (Å²) in [5, 5.41) is 13.4. The average Bonchev–Trinajstić information content (AvgIpc) is 3.44. The van der Waals surface area contributed by atoms with Crippen molar-refractivity contribution in [1.29, 1.82) is 0 Å². The van der Waals surface area contributed by atoms with Crippen LogP contribution in [0.2, 0.25) is 0 Å². The van der Waals surface area contributed by atoms with E-state index >= 15 is 0 Å². The van der Waals surface area contributed by atoms with Gasteiger partial charge in [-0.2, -0.15) is 0 Å². The fraction of sp³-hybridized carbons (Fsp3) is 0.850. The second kappa shape index (κ2) is 10.2. The number of thiocarbonyl (C=S) groups is 1. The maximum absolute atomic E-state index is 12.4. The van der Waals surface area contributed by atoms with Gasteiger partial charge in [0.15, 0.2) is 5.11 Å². The van der Waals surface area contributed by atoms with E-state index in [0.29, 0.717) is 24.1 Å². The molecule has 4 rings (SSSR count). The van der Waals surface area contributed by atoms with E-state index < -0.39 is 0 Å². The smallest absolute Gasteiger partial charge is 0.237 e. The molecule has 1 saturated carbocycles. The van der Waals surface area contributed by atoms with Gasteiger partial charge >= 0.3 is 0 Å². The van der Waals surface area contributed by atoms with Crippen molar-refractivity contribution in [3.63, 3.8) is 0 Å². The highest BCUT2D eigenvalue weighted by Gasteiger charge is 2.43. The largest absolute Gasteiger partial charge is 0.379 e. The molecule has 3 atom stereocenters. The predicted molar refractivity (Wildman–Crippen MR) is 117 cm³/mol. The third-order valence-electron chi connectivity index (χ3n) is 6.42. The van der Waals surface area contributed by atoms with Crippen molar-refractivity contribution in [2.45, 2.75) is 56.3 Å². The Hall–Kier alpha value is -1.49. The summed E-state index contributed by atoms with van der Waals surface area (Å²) in [6.45, 7) is 6.66. The van der Waals surface area contributed by atoms with Crippen molar-refractivity contribution in [2.24, 2.45) is 0 Å². The molecule has 9 nitrogen and oxygen atoms in total. The first-order valence-electron chi connectivity index (χ1n) is 11.3. The lowest BCUT2D eigenvalue weighted by Crippen LogP contribution is -2.58. The lowest BCUT2D eigenvalue weighted by Gasteiger charge is -2.37. The van der Waals surface area contributed by atoms with Crippen molar-refractivity contribution in [3.8, 4) is 0 Å². The lowest BCUT2D eigenvalue weighted by molar-refractivity contribution is -0.129. The van der Waals surface area contributed by atoms with Crippen LogP contribution < -0.4 is 21.3 Å². The Morgan fingerprint density at radius 2 is 2.00 bits per heavy atom. The molecule has 3 aliphatic heterocycles. The molecule has 30 heavy (non-hydrogen) atoms. The van der Waals surface area contributed by atoms with Gasteiger partial charge in [-0.15, -0.1) is 0 Å². The van der Waals surface area contributed by atoms with Gasteiger partial charge in [-0.05, 0) is 37.9 Å². The second-order valence-electron chi connectivity index (χ2n) is 8.78. The maximum Gasteiger partial charge on any atom is 0.237 e. The summed E-state index contributed by atoms with van der Waals surface area (Å²) in [5.74, 6) is 0.217. The van der Waals surface area contributed by atoms with E-state index in [2.05, 4.69) is 31.1 Å². The lowest BCUT2D eigenvalue weighted by atomic mass is 10.0. The third-order valence-corrected chi connectivity index (χ3v) is 6.68. The molecule has 3 saturated heterocycles. The van der Waals surface area contributed by atoms with Gasteiger partial charge in [-0.3, -0.25) is 19.4 Å². The molecule has 0 spiro atoms. The Bertz CT molecular complexity index is 640. The number of hydrogen-bond donors (Lipinski definition) is 4. The number of rotatable bonds is 8. The fourth-order valence-electron chi connectivity index (χ4n) is 4.56. The van der Waals surface area contributed by atoms with E-state index in [4.69, 9.17) is 17.0 Å². The van der Waals surface area contributed by atoms with Gasteiger partial charge in [-0.1, -0.05) is 0 Å². The van der Waals surface area contributed by atoms with Crippen molar-refractivity contribution in [3.05, 3.63) is 0 Å². The van der Waals surface area contributed by atoms with Gasteiger partial charge in [0.25, 0.3) is 0 Å². The van der Waals surface area contributed by atoms with Crippen LogP contribution in [0.4, 0.5) is 0 Å². The zero-order chi connectivity index (χ0) is 20.9. The highest BCUT2D eigenvalue weighted by Crippen LogP contribution is 2.26. The van der Waals surface area contributed by atoms with Gasteiger partial charge in [-0.25, -0.2) is 0 Å². The van der Waals surface area contributed by atoms with Gasteiger partial charge < -0.3 is 26.0 Å². The Morgan fingerprint density at radius 1 is 1.20 bits per heavy atom. The van der Waals surface area contributed by atoms with E-state index in [0.717, 1.165) is 71.6 Å². The Kier molecular flexibility index (Phi) is 7.40. The number of amides is 2. The Labute approximate surface area is 183 Å². The SMILES string of the molecule is O=C(CC[C@@H]1CNC(=O)[C@@H]2C[C@H](NC(=S)NCCN3CCOCC3)CN12)NC1CC1. The number of piperazine rings is 1. The van der Waals surface area contributed by atoms with Crippen LogP contribution >= 0.6 is 12.2 Å². The first-order chi connectivity index (χ1) is 14.6. The number of ether oxygens (including phenoxy) is 1. The van der Waals surface area contributed by atoms with Crippen LogP contribution in [0.5, 0.6) is 0 Å². The molecule has 0 bridgehead atoms. The molecule has 0 aromatic carbocycles. The van der Waals surface area contributed by atoms with Gasteiger partial charge in [0.05, 0.1) is 19.3 Å². The number of nitrogens with zero attached hydrogens (tertiary/aromatic N) is 2. The molecule has 0 unspecified atom stereocenters. The van der Waals surface area contributed by atoms with E-state index in [1.54, 1.807) is 0 Å². The topological polar surface area (TPSA) is 98.0 Å². The summed E-state index contributed by atoms with van der Waals surface area (Å²) in [6, 6.07) is 0.606. The first kappa shape index (κ1) is 21.7. The van der Waals surface area contributed by atoms with E-state index in [1.165, 1.54) is 0 Å². The molecule has 2 amide bonds. The van der Waals surface area contributed by atoms with Crippen LogP contribution in [-0.4, -0.2) is 103 Å². The third kappa shape index (κ3) is 6.03. The summed E-state index contributed by atoms with van der Waals surface area (Å²) < 4.78 is 5.37. The number of nitrogens with one attached hydrogen (secondary N) is 4. The highest BCUT2D eigenvalue weighted by atomic mass is 32.1. The zero-order valence-electron chi connectivity index (χ0n) is 17.5. The van der Waals surface area contributed by atoms with Crippen molar-refractivity contribution in [1.82, 2.24) is 31.1 Å². The Morgan fingerprint density at radius 3 is 2.77 bits per heavy atom. The quantitative estimate of drug-likeness (QED) is 0.350. The molecule has 4 aliphatic rings. The molecule has 1 aliphatic carbocycles. The molecule has 4 N–H and O–H groups in total. The molecule has 0 aromatic heterocycles. The summed E-state index contributed by atoms with van der Waals surface area (Å²) in [6.07, 6.45) is 4.23. The molecule has 3 heterocycles. The monoisotopic (exact) mass is 438 g/mol. The van der Waals surface area contributed by atoms with Crippen LogP contribution in [0.3, 0.4) is 0 Å². The second-order valence-corrected chi connectivity index (χ2v) is 9.19. The molecule has 0 aromatic rings. The van der Waals surface area contributed by atoms with Gasteiger partial charge in [0.1, 0.15) is 0 Å². The van der Waals surface area contributed by atoms with Crippen molar-refractivity contribution < 1.29 is 14.3 Å². The fourth-order valence-corrected chi connectivity index (χ4v) is 4.83. The van der Waals surface area contributed by atoms with Gasteiger partial charge in [0, 0.05) is 63.8 Å². The summed E-state index contributed by atoms with van der Waals surface area (Å²) in [4.78, 5) is 29.0. The molecule has 0 radical (unpaired) electrons. The van der Waals surface area contributed by atoms with Gasteiger partial charge in [0.2, 0.25) is 11.8 Å². The van der Waals surface area contributed by atoms with E-state index in [-0.39, 0.29) is 29.9 Å². The van der Waals surface area contributed by atoms with E-state index in [1.807, 2.05) is 0 Å². The summed E-state index contributed by atoms with van der Waals surface area (Å²) in [7, 11) is 0. The van der Waals surface area contributed by atoms with Crippen LogP contribution in [0.25, 0.3) is 0 Å². The average molecular weight is 439 g/mol. The summed E-state index contributed by atoms with van der Waals surface area (Å²) in [5.41, 5.74) is 0. The number of carbonyl (C=O) groups is 2. The normalized spacial score (nSPS) is 29.7. The number of morpholine rings is 1. The van der Waals surface area contributed by atoms with Crippen molar-refractivity contribution in [2.75, 3.05) is 52.5 Å². The minimum atomic E-state index is -0.135. The number of carbonyl (C=O) groups excluding carboxylic acids is 2. The zero-order valence-corrected chi connectivity index (χ0v) is 18.3. The maximum atomic E-state index is 12.4.